The molecule has 6 heteroatoms. The van der Waals surface area contributed by atoms with E-state index >= 15 is 0 Å². The Labute approximate surface area is 139 Å². The van der Waals surface area contributed by atoms with Crippen molar-refractivity contribution in [1.29, 1.82) is 0 Å². The molecule has 0 saturated carbocycles. The maximum Gasteiger partial charge on any atom is 0.194 e. The number of carbonyl (C=O) groups excluding carboxylic acids is 2. The van der Waals surface area contributed by atoms with E-state index in [1.165, 1.54) is 20.3 Å². The van der Waals surface area contributed by atoms with Gasteiger partial charge in [-0.25, -0.2) is 0 Å². The Morgan fingerprint density at radius 3 is 2.39 bits per heavy atom. The van der Waals surface area contributed by atoms with Crippen LogP contribution >= 0.6 is 11.6 Å². The average molecular weight is 334 g/mol. The molecule has 2 aromatic rings. The van der Waals surface area contributed by atoms with Crippen LogP contribution in [0, 0.1) is 6.92 Å². The predicted octanol–water partition coefficient (Wildman–Crippen LogP) is 3.29. The number of rotatable bonds is 5. The van der Waals surface area contributed by atoms with Crippen molar-refractivity contribution in [3.05, 3.63) is 51.5 Å². The molecule has 0 aliphatic heterocycles. The topological polar surface area (TPSA) is 78.6 Å². The lowest BCUT2D eigenvalue weighted by atomic mass is 9.97. The second kappa shape index (κ2) is 6.71. The number of ether oxygens (including phenoxy) is 2. The summed E-state index contributed by atoms with van der Waals surface area (Å²) in [6, 6.07) is 6.19. The Morgan fingerprint density at radius 1 is 1.17 bits per heavy atom. The first-order chi connectivity index (χ1) is 10.9. The van der Waals surface area contributed by atoms with Crippen molar-refractivity contribution < 1.29 is 19.1 Å². The molecule has 2 N–H and O–H groups in total. The van der Waals surface area contributed by atoms with Crippen LogP contribution in [0.1, 0.15) is 31.8 Å². The van der Waals surface area contributed by atoms with Crippen molar-refractivity contribution in [3.63, 3.8) is 0 Å². The number of hydrogen-bond acceptors (Lipinski definition) is 5. The zero-order valence-electron chi connectivity index (χ0n) is 13.0. The normalized spacial score (nSPS) is 10.3. The summed E-state index contributed by atoms with van der Waals surface area (Å²) in [6.07, 6.45) is 0.601. The minimum absolute atomic E-state index is 0.215. The highest BCUT2D eigenvalue weighted by Gasteiger charge is 2.19. The molecule has 0 saturated heterocycles. The lowest BCUT2D eigenvalue weighted by Gasteiger charge is -2.12. The fourth-order valence-electron chi connectivity index (χ4n) is 2.23. The first-order valence-electron chi connectivity index (χ1n) is 6.75. The summed E-state index contributed by atoms with van der Waals surface area (Å²) < 4.78 is 10.3. The molecular formula is C17H16ClNO4. The first kappa shape index (κ1) is 16.8. The lowest BCUT2D eigenvalue weighted by molar-refractivity contribution is 0.103. The number of methoxy groups -OCH3 is 2. The van der Waals surface area contributed by atoms with E-state index in [9.17, 15) is 9.59 Å². The maximum absolute atomic E-state index is 12.7. The van der Waals surface area contributed by atoms with E-state index in [0.717, 1.165) is 0 Å². The third kappa shape index (κ3) is 3.00. The number of nitrogens with two attached hydrogens (primary N) is 1. The van der Waals surface area contributed by atoms with Crippen LogP contribution in [-0.2, 0) is 0 Å². The van der Waals surface area contributed by atoms with Gasteiger partial charge in [-0.2, -0.15) is 0 Å². The number of ketones is 1. The highest BCUT2D eigenvalue weighted by atomic mass is 35.5. The van der Waals surface area contributed by atoms with Crippen LogP contribution in [0.3, 0.4) is 0 Å². The predicted molar refractivity (Wildman–Crippen MR) is 89.0 cm³/mol. The van der Waals surface area contributed by atoms with Crippen LogP contribution in [0.2, 0.25) is 5.02 Å². The summed E-state index contributed by atoms with van der Waals surface area (Å²) in [5, 5.41) is 0.230. The van der Waals surface area contributed by atoms with Crippen LogP contribution in [0.25, 0.3) is 0 Å². The van der Waals surface area contributed by atoms with Crippen LogP contribution in [0.15, 0.2) is 24.3 Å². The average Bonchev–Trinajstić information content (AvgIpc) is 2.58. The summed E-state index contributed by atoms with van der Waals surface area (Å²) in [7, 11) is 2.99. The minimum Gasteiger partial charge on any atom is -0.493 e. The molecule has 0 spiro atoms. The fraction of sp³-hybridized carbons (Fsp3) is 0.176. The van der Waals surface area contributed by atoms with Gasteiger partial charge in [0, 0.05) is 22.4 Å². The van der Waals surface area contributed by atoms with Crippen molar-refractivity contribution in [3.8, 4) is 11.5 Å². The molecule has 23 heavy (non-hydrogen) atoms. The van der Waals surface area contributed by atoms with Crippen molar-refractivity contribution in [2.24, 2.45) is 0 Å². The van der Waals surface area contributed by atoms with Gasteiger partial charge in [0.2, 0.25) is 0 Å². The van der Waals surface area contributed by atoms with Crippen molar-refractivity contribution in [1.82, 2.24) is 0 Å². The lowest BCUT2D eigenvalue weighted by Crippen LogP contribution is -2.07. The van der Waals surface area contributed by atoms with Gasteiger partial charge in [-0.15, -0.1) is 0 Å². The monoisotopic (exact) mass is 333 g/mol. The highest BCUT2D eigenvalue weighted by Crippen LogP contribution is 2.32. The van der Waals surface area contributed by atoms with E-state index in [-0.39, 0.29) is 27.6 Å². The van der Waals surface area contributed by atoms with Crippen molar-refractivity contribution >= 4 is 29.4 Å². The molecule has 5 nitrogen and oxygen atoms in total. The van der Waals surface area contributed by atoms with E-state index in [1.54, 1.807) is 25.1 Å². The van der Waals surface area contributed by atoms with Gasteiger partial charge in [0.05, 0.1) is 19.2 Å². The van der Waals surface area contributed by atoms with Gasteiger partial charge in [-0.1, -0.05) is 11.6 Å². The van der Waals surface area contributed by atoms with Gasteiger partial charge in [-0.3, -0.25) is 9.59 Å². The number of carbonyl (C=O) groups is 2. The summed E-state index contributed by atoms with van der Waals surface area (Å²) >= 11 is 6.23. The minimum atomic E-state index is -0.331. The highest BCUT2D eigenvalue weighted by molar-refractivity contribution is 6.36. The third-order valence-electron chi connectivity index (χ3n) is 3.60. The Hall–Kier alpha value is -2.53. The summed E-state index contributed by atoms with van der Waals surface area (Å²) in [4.78, 5) is 23.8. The Morgan fingerprint density at radius 2 is 1.83 bits per heavy atom. The summed E-state index contributed by atoms with van der Waals surface area (Å²) in [5.41, 5.74) is 7.41. The standard InChI is InChI=1S/C17H16ClNO4/c1-9-15(18)12(6-11(8-20)16(9)19)17(21)10-4-5-13(22-2)14(7-10)23-3/h4-8H,19H2,1-3H3. The van der Waals surface area contributed by atoms with E-state index in [4.69, 9.17) is 26.8 Å². The van der Waals surface area contributed by atoms with E-state index in [2.05, 4.69) is 0 Å². The Bertz CT molecular complexity index is 787. The van der Waals surface area contributed by atoms with Gasteiger partial charge in [0.1, 0.15) is 0 Å². The zero-order chi connectivity index (χ0) is 17.1. The van der Waals surface area contributed by atoms with E-state index in [0.29, 0.717) is 28.9 Å². The molecule has 120 valence electrons. The molecule has 0 heterocycles. The molecule has 2 rings (SSSR count). The molecule has 0 bridgehead atoms. The van der Waals surface area contributed by atoms with Gasteiger partial charge in [-0.05, 0) is 36.8 Å². The number of nitrogen functional groups attached to an aromatic ring is 1. The van der Waals surface area contributed by atoms with Gasteiger partial charge in [0.25, 0.3) is 0 Å². The molecule has 0 aliphatic carbocycles. The van der Waals surface area contributed by atoms with E-state index in [1.807, 2.05) is 0 Å². The van der Waals surface area contributed by atoms with Gasteiger partial charge >= 0.3 is 0 Å². The molecule has 2 aromatic carbocycles. The maximum atomic E-state index is 12.7. The van der Waals surface area contributed by atoms with Crippen molar-refractivity contribution in [2.75, 3.05) is 20.0 Å². The molecular weight excluding hydrogens is 318 g/mol. The van der Waals surface area contributed by atoms with E-state index < -0.39 is 0 Å². The van der Waals surface area contributed by atoms with Crippen LogP contribution in [0.5, 0.6) is 11.5 Å². The largest absolute Gasteiger partial charge is 0.493 e. The SMILES string of the molecule is COc1ccc(C(=O)c2cc(C=O)c(N)c(C)c2Cl)cc1OC. The molecule has 0 atom stereocenters. The molecule has 0 unspecified atom stereocenters. The second-order valence-corrected chi connectivity index (χ2v) is 5.26. The molecule has 0 fully saturated rings. The molecule has 0 radical (unpaired) electrons. The fourth-order valence-corrected chi connectivity index (χ4v) is 2.47. The zero-order valence-corrected chi connectivity index (χ0v) is 13.7. The number of anilines is 1. The van der Waals surface area contributed by atoms with Gasteiger partial charge in [0.15, 0.2) is 23.6 Å². The third-order valence-corrected chi connectivity index (χ3v) is 4.08. The van der Waals surface area contributed by atoms with Crippen LogP contribution in [0.4, 0.5) is 5.69 Å². The molecule has 0 aromatic heterocycles. The number of hydrogen-bond donors (Lipinski definition) is 1. The quantitative estimate of drug-likeness (QED) is 0.516. The summed E-state index contributed by atoms with van der Waals surface area (Å²) in [5.74, 6) is 0.608. The molecule has 0 amide bonds. The number of benzene rings is 2. The molecule has 0 aliphatic rings. The van der Waals surface area contributed by atoms with Crippen molar-refractivity contribution in [2.45, 2.75) is 6.92 Å². The van der Waals surface area contributed by atoms with Gasteiger partial charge < -0.3 is 15.2 Å². The second-order valence-electron chi connectivity index (χ2n) is 4.88. The number of halogens is 1. The Balaban J connectivity index is 2.57. The smallest absolute Gasteiger partial charge is 0.194 e. The number of aldehydes is 1. The van der Waals surface area contributed by atoms with Crippen LogP contribution < -0.4 is 15.2 Å². The first-order valence-corrected chi connectivity index (χ1v) is 7.12. The Kier molecular flexibility index (Phi) is 4.91. The summed E-state index contributed by atoms with van der Waals surface area (Å²) in [6.45, 7) is 1.66. The van der Waals surface area contributed by atoms with Crippen LogP contribution in [-0.4, -0.2) is 26.3 Å².